The standard InChI is InChI=1S/C24H18ClN3O5S/c1-13(29)14-3-5-15(6-4-14)19-10-8-17(33-19)12-21(23(30)31)34-24-26-22(27-28-24)18-11-16(25)7-9-20(18)32-2/h3-12H,1-2H3,(H,30,31)(H,26,27,28)/b21-12-. The van der Waals surface area contributed by atoms with Gasteiger partial charge in [0.25, 0.3) is 0 Å². The van der Waals surface area contributed by atoms with Crippen LogP contribution in [0.15, 0.2) is 69.1 Å². The molecule has 8 nitrogen and oxygen atoms in total. The Morgan fingerprint density at radius 2 is 1.91 bits per heavy atom. The number of carbonyl (C=O) groups excluding carboxylic acids is 1. The van der Waals surface area contributed by atoms with Gasteiger partial charge in [-0.1, -0.05) is 35.9 Å². The topological polar surface area (TPSA) is 118 Å². The lowest BCUT2D eigenvalue weighted by Crippen LogP contribution is -1.97. The number of carboxylic acids is 1. The number of ketones is 1. The van der Waals surface area contributed by atoms with E-state index in [-0.39, 0.29) is 15.8 Å². The highest BCUT2D eigenvalue weighted by Crippen LogP contribution is 2.33. The first-order chi connectivity index (χ1) is 16.3. The first-order valence-electron chi connectivity index (χ1n) is 9.94. The Hall–Kier alpha value is -3.82. The van der Waals surface area contributed by atoms with Crippen LogP contribution in [0.5, 0.6) is 5.75 Å². The van der Waals surface area contributed by atoms with E-state index in [0.717, 1.165) is 17.3 Å². The fourth-order valence-electron chi connectivity index (χ4n) is 3.09. The summed E-state index contributed by atoms with van der Waals surface area (Å²) in [6.45, 7) is 1.50. The average molecular weight is 496 g/mol. The van der Waals surface area contributed by atoms with Crippen molar-refractivity contribution in [1.29, 1.82) is 0 Å². The monoisotopic (exact) mass is 495 g/mol. The zero-order valence-electron chi connectivity index (χ0n) is 18.0. The number of halogens is 1. The molecule has 0 spiro atoms. The van der Waals surface area contributed by atoms with Crippen LogP contribution in [0.3, 0.4) is 0 Å². The zero-order chi connectivity index (χ0) is 24.2. The molecule has 0 aliphatic carbocycles. The molecule has 0 amide bonds. The number of hydrogen-bond donors (Lipinski definition) is 2. The zero-order valence-corrected chi connectivity index (χ0v) is 19.6. The van der Waals surface area contributed by atoms with Gasteiger partial charge >= 0.3 is 5.97 Å². The number of thioether (sulfide) groups is 1. The van der Waals surface area contributed by atoms with E-state index in [2.05, 4.69) is 15.2 Å². The van der Waals surface area contributed by atoms with Crippen LogP contribution in [0.1, 0.15) is 23.0 Å². The Labute approximate surface area is 203 Å². The van der Waals surface area contributed by atoms with Crippen LogP contribution < -0.4 is 4.74 Å². The van der Waals surface area contributed by atoms with Crippen molar-refractivity contribution in [2.75, 3.05) is 7.11 Å². The highest BCUT2D eigenvalue weighted by Gasteiger charge is 2.17. The lowest BCUT2D eigenvalue weighted by Gasteiger charge is -2.05. The Morgan fingerprint density at radius 3 is 2.59 bits per heavy atom. The Kier molecular flexibility index (Phi) is 6.85. The largest absolute Gasteiger partial charge is 0.496 e. The number of aromatic amines is 1. The Bertz CT molecular complexity index is 1390. The summed E-state index contributed by atoms with van der Waals surface area (Å²) >= 11 is 6.95. The molecule has 0 saturated carbocycles. The predicted molar refractivity (Wildman–Crippen MR) is 129 cm³/mol. The number of hydrogen-bond acceptors (Lipinski definition) is 7. The minimum atomic E-state index is -1.15. The molecule has 2 heterocycles. The number of aromatic nitrogens is 3. The average Bonchev–Trinajstić information content (AvgIpc) is 3.48. The van der Waals surface area contributed by atoms with Crippen molar-refractivity contribution in [3.05, 3.63) is 75.8 Å². The molecule has 4 rings (SSSR count). The molecule has 0 unspecified atom stereocenters. The summed E-state index contributed by atoms with van der Waals surface area (Å²) in [6.07, 6.45) is 1.40. The molecule has 4 aromatic rings. The van der Waals surface area contributed by atoms with Crippen molar-refractivity contribution < 1.29 is 23.8 Å². The van der Waals surface area contributed by atoms with E-state index in [1.54, 1.807) is 54.6 Å². The van der Waals surface area contributed by atoms with Gasteiger partial charge in [-0.05, 0) is 49.0 Å². The molecule has 0 aliphatic rings. The quantitative estimate of drug-likeness (QED) is 0.178. The van der Waals surface area contributed by atoms with E-state index in [1.165, 1.54) is 20.1 Å². The van der Waals surface area contributed by atoms with Gasteiger partial charge in [0, 0.05) is 22.2 Å². The fourth-order valence-corrected chi connectivity index (χ4v) is 3.95. The first-order valence-corrected chi connectivity index (χ1v) is 11.1. The normalized spacial score (nSPS) is 11.4. The number of Topliss-reactive ketones (excluding diaryl/α,β-unsaturated/α-hetero) is 1. The summed E-state index contributed by atoms with van der Waals surface area (Å²) in [6, 6.07) is 15.4. The maximum absolute atomic E-state index is 11.8. The molecule has 2 N–H and O–H groups in total. The minimum absolute atomic E-state index is 0.0262. The van der Waals surface area contributed by atoms with Crippen molar-refractivity contribution in [3.8, 4) is 28.5 Å². The van der Waals surface area contributed by atoms with Crippen molar-refractivity contribution in [2.45, 2.75) is 12.1 Å². The number of H-pyrrole nitrogens is 1. The fraction of sp³-hybridized carbons (Fsp3) is 0.0833. The molecular formula is C24H18ClN3O5S. The van der Waals surface area contributed by atoms with Crippen LogP contribution in [0.25, 0.3) is 28.8 Å². The van der Waals surface area contributed by atoms with Gasteiger partial charge in [-0.3, -0.25) is 9.89 Å². The number of furan rings is 1. The number of carboxylic acid groups (broad SMARTS) is 1. The molecular weight excluding hydrogens is 478 g/mol. The van der Waals surface area contributed by atoms with E-state index in [9.17, 15) is 14.7 Å². The molecule has 10 heteroatoms. The second-order valence-corrected chi connectivity index (χ2v) is 8.51. The molecule has 2 aromatic heterocycles. The lowest BCUT2D eigenvalue weighted by atomic mass is 10.1. The van der Waals surface area contributed by atoms with Gasteiger partial charge in [0.1, 0.15) is 22.2 Å². The molecule has 0 saturated heterocycles. The Morgan fingerprint density at radius 1 is 1.15 bits per heavy atom. The van der Waals surface area contributed by atoms with Gasteiger partial charge in [0.05, 0.1) is 12.7 Å². The maximum Gasteiger partial charge on any atom is 0.342 e. The van der Waals surface area contributed by atoms with Gasteiger partial charge in [-0.2, -0.15) is 0 Å². The number of nitrogens with one attached hydrogen (secondary N) is 1. The van der Waals surface area contributed by atoms with Crippen molar-refractivity contribution >= 4 is 41.2 Å². The lowest BCUT2D eigenvalue weighted by molar-refractivity contribution is -0.131. The van der Waals surface area contributed by atoms with Crippen LogP contribution in [-0.4, -0.2) is 39.2 Å². The summed E-state index contributed by atoms with van der Waals surface area (Å²) in [5, 5.41) is 17.3. The van der Waals surface area contributed by atoms with Crippen LogP contribution in [-0.2, 0) is 4.79 Å². The van der Waals surface area contributed by atoms with Crippen LogP contribution in [0.2, 0.25) is 5.02 Å². The summed E-state index contributed by atoms with van der Waals surface area (Å²) in [7, 11) is 1.53. The van der Waals surface area contributed by atoms with Crippen molar-refractivity contribution in [3.63, 3.8) is 0 Å². The smallest absolute Gasteiger partial charge is 0.342 e. The second kappa shape index (κ2) is 9.98. The van der Waals surface area contributed by atoms with E-state index in [1.807, 2.05) is 0 Å². The molecule has 2 aromatic carbocycles. The third-order valence-corrected chi connectivity index (χ3v) is 5.88. The number of nitrogens with zero attached hydrogens (tertiary/aromatic N) is 2. The summed E-state index contributed by atoms with van der Waals surface area (Å²) in [4.78, 5) is 27.6. The molecule has 0 aliphatic heterocycles. The number of ether oxygens (including phenoxy) is 1. The Balaban J connectivity index is 1.56. The summed E-state index contributed by atoms with van der Waals surface area (Å²) in [5.74, 6) is 0.653. The third-order valence-electron chi connectivity index (χ3n) is 4.77. The van der Waals surface area contributed by atoms with Crippen LogP contribution in [0.4, 0.5) is 0 Å². The summed E-state index contributed by atoms with van der Waals surface area (Å²) in [5.41, 5.74) is 1.96. The number of methoxy groups -OCH3 is 1. The van der Waals surface area contributed by atoms with Crippen molar-refractivity contribution in [1.82, 2.24) is 15.2 Å². The van der Waals surface area contributed by atoms with E-state index in [4.69, 9.17) is 20.8 Å². The molecule has 172 valence electrons. The maximum atomic E-state index is 11.8. The number of rotatable bonds is 8. The van der Waals surface area contributed by atoms with Gasteiger partial charge < -0.3 is 14.3 Å². The summed E-state index contributed by atoms with van der Waals surface area (Å²) < 4.78 is 11.1. The van der Waals surface area contributed by atoms with E-state index >= 15 is 0 Å². The second-order valence-electron chi connectivity index (χ2n) is 7.06. The van der Waals surface area contributed by atoms with Gasteiger partial charge in [0.15, 0.2) is 11.6 Å². The number of aliphatic carboxylic acids is 1. The minimum Gasteiger partial charge on any atom is -0.496 e. The molecule has 34 heavy (non-hydrogen) atoms. The highest BCUT2D eigenvalue weighted by molar-refractivity contribution is 8.04. The number of carbonyl (C=O) groups is 2. The molecule has 0 atom stereocenters. The van der Waals surface area contributed by atoms with Crippen LogP contribution in [0, 0.1) is 0 Å². The van der Waals surface area contributed by atoms with E-state index in [0.29, 0.717) is 39.2 Å². The SMILES string of the molecule is COc1ccc(Cl)cc1-c1nc(S/C(=C\c2ccc(-c3ccc(C(C)=O)cc3)o2)C(=O)O)n[nH]1. The van der Waals surface area contributed by atoms with Gasteiger partial charge in [-0.25, -0.2) is 9.78 Å². The van der Waals surface area contributed by atoms with E-state index < -0.39 is 5.97 Å². The molecule has 0 radical (unpaired) electrons. The third kappa shape index (κ3) is 5.22. The van der Waals surface area contributed by atoms with Crippen LogP contribution >= 0.6 is 23.4 Å². The first kappa shape index (κ1) is 23.3. The molecule has 0 bridgehead atoms. The van der Waals surface area contributed by atoms with Gasteiger partial charge in [0.2, 0.25) is 5.16 Å². The number of benzene rings is 2. The van der Waals surface area contributed by atoms with Crippen molar-refractivity contribution in [2.24, 2.45) is 0 Å². The van der Waals surface area contributed by atoms with Gasteiger partial charge in [-0.15, -0.1) is 5.10 Å². The highest BCUT2D eigenvalue weighted by atomic mass is 35.5. The predicted octanol–water partition coefficient (Wildman–Crippen LogP) is 5.81. The molecule has 0 fully saturated rings.